The number of carbonyl (C=O) groups excluding carboxylic acids is 2. The predicted molar refractivity (Wildman–Crippen MR) is 58.9 cm³/mol. The van der Waals surface area contributed by atoms with Crippen molar-refractivity contribution in [2.24, 2.45) is 0 Å². The Morgan fingerprint density at radius 3 is 2.44 bits per heavy atom. The molecule has 1 aliphatic rings. The lowest BCUT2D eigenvalue weighted by molar-refractivity contribution is -0.137. The highest BCUT2D eigenvalue weighted by Gasteiger charge is 2.34. The number of rotatable bonds is 1. The Balaban J connectivity index is 2.37. The van der Waals surface area contributed by atoms with Gasteiger partial charge in [0.15, 0.2) is 5.78 Å². The van der Waals surface area contributed by atoms with E-state index in [0.29, 0.717) is 6.20 Å². The zero-order chi connectivity index (χ0) is 13.5. The molecule has 0 unspecified atom stereocenters. The minimum atomic E-state index is -4.50. The number of Topliss-reactive ketones (excluding diaryl/α,β-unsaturated/α-hetero) is 1. The van der Waals surface area contributed by atoms with E-state index >= 15 is 0 Å². The van der Waals surface area contributed by atoms with Gasteiger partial charge in [0.1, 0.15) is 5.82 Å². The number of alkyl halides is 3. The third-order valence-corrected chi connectivity index (χ3v) is 2.97. The number of pyridine rings is 1. The minimum Gasteiger partial charge on any atom is -0.297 e. The van der Waals surface area contributed by atoms with Gasteiger partial charge in [-0.25, -0.2) is 4.98 Å². The Bertz CT molecular complexity index is 530. The third-order valence-electron chi connectivity index (χ3n) is 2.39. The van der Waals surface area contributed by atoms with Gasteiger partial charge < -0.3 is 0 Å². The van der Waals surface area contributed by atoms with Crippen LogP contribution in [0.15, 0.2) is 16.7 Å². The van der Waals surface area contributed by atoms with E-state index in [0.717, 1.165) is 11.0 Å². The largest absolute Gasteiger partial charge is 0.417 e. The Morgan fingerprint density at radius 1 is 1.33 bits per heavy atom. The lowest BCUT2D eigenvalue weighted by Crippen LogP contribution is -2.26. The first-order chi connectivity index (χ1) is 8.29. The summed E-state index contributed by atoms with van der Waals surface area (Å²) in [5.41, 5.74) is -0.920. The number of hydrogen-bond donors (Lipinski definition) is 0. The molecule has 18 heavy (non-hydrogen) atoms. The van der Waals surface area contributed by atoms with Gasteiger partial charge in [-0.3, -0.25) is 14.5 Å². The predicted octanol–water partition coefficient (Wildman–Crippen LogP) is 2.17. The van der Waals surface area contributed by atoms with E-state index in [-0.39, 0.29) is 29.0 Å². The molecule has 1 amide bonds. The molecule has 4 nitrogen and oxygen atoms in total. The van der Waals surface area contributed by atoms with E-state index in [1.54, 1.807) is 0 Å². The Morgan fingerprint density at radius 2 is 2.00 bits per heavy atom. The smallest absolute Gasteiger partial charge is 0.297 e. The molecular weight excluding hydrogens is 317 g/mol. The molecule has 0 spiro atoms. The fourth-order valence-electron chi connectivity index (χ4n) is 1.56. The molecule has 1 aliphatic heterocycles. The summed E-state index contributed by atoms with van der Waals surface area (Å²) >= 11 is 2.93. The topological polar surface area (TPSA) is 50.3 Å². The van der Waals surface area contributed by atoms with Crippen molar-refractivity contribution < 1.29 is 22.8 Å². The second-order valence-electron chi connectivity index (χ2n) is 3.72. The molecule has 1 fully saturated rings. The number of ketones is 1. The van der Waals surface area contributed by atoms with Gasteiger partial charge in [-0.15, -0.1) is 0 Å². The van der Waals surface area contributed by atoms with Crippen LogP contribution in [0.2, 0.25) is 0 Å². The highest BCUT2D eigenvalue weighted by molar-refractivity contribution is 9.10. The van der Waals surface area contributed by atoms with Crippen molar-refractivity contribution in [2.75, 3.05) is 11.4 Å². The van der Waals surface area contributed by atoms with Gasteiger partial charge in [-0.05, 0) is 22.0 Å². The van der Waals surface area contributed by atoms with Crippen LogP contribution < -0.4 is 4.90 Å². The van der Waals surface area contributed by atoms with Crippen LogP contribution >= 0.6 is 15.9 Å². The van der Waals surface area contributed by atoms with Gasteiger partial charge in [0, 0.05) is 6.20 Å². The maximum absolute atomic E-state index is 12.4. The number of carbonyl (C=O) groups is 2. The van der Waals surface area contributed by atoms with E-state index in [1.165, 1.54) is 0 Å². The monoisotopic (exact) mass is 322 g/mol. The molecular formula is C10H6BrF3N2O2. The van der Waals surface area contributed by atoms with Crippen molar-refractivity contribution in [3.8, 4) is 0 Å². The molecule has 1 saturated heterocycles. The number of nitrogens with zero attached hydrogens (tertiary/aromatic N) is 2. The summed E-state index contributed by atoms with van der Waals surface area (Å²) in [6.07, 6.45) is -4.11. The SMILES string of the molecule is O=C1CC(=O)N(c2ncc(C(F)(F)F)cc2Br)C1. The molecule has 0 aliphatic carbocycles. The van der Waals surface area contributed by atoms with Crippen LogP contribution in [0.4, 0.5) is 19.0 Å². The Hall–Kier alpha value is -1.44. The first kappa shape index (κ1) is 13.0. The molecule has 0 atom stereocenters. The van der Waals surface area contributed by atoms with Crippen molar-refractivity contribution in [1.29, 1.82) is 0 Å². The molecule has 2 heterocycles. The van der Waals surface area contributed by atoms with Crippen LogP contribution in [0.25, 0.3) is 0 Å². The number of halogens is 4. The summed E-state index contributed by atoms with van der Waals surface area (Å²) in [4.78, 5) is 27.2. The lowest BCUT2D eigenvalue weighted by Gasteiger charge is -2.16. The van der Waals surface area contributed by atoms with Gasteiger partial charge >= 0.3 is 6.18 Å². The molecule has 96 valence electrons. The maximum Gasteiger partial charge on any atom is 0.417 e. The second-order valence-corrected chi connectivity index (χ2v) is 4.58. The molecule has 0 N–H and O–H groups in total. The van der Waals surface area contributed by atoms with Crippen LogP contribution in [-0.4, -0.2) is 23.2 Å². The number of amides is 1. The molecule has 1 aromatic rings. The van der Waals surface area contributed by atoms with Gasteiger partial charge in [-0.1, -0.05) is 0 Å². The summed E-state index contributed by atoms with van der Waals surface area (Å²) in [6, 6.07) is 0.832. The Kier molecular flexibility index (Phi) is 3.14. The van der Waals surface area contributed by atoms with Crippen LogP contribution in [-0.2, 0) is 15.8 Å². The van der Waals surface area contributed by atoms with E-state index in [4.69, 9.17) is 0 Å². The first-order valence-electron chi connectivity index (χ1n) is 4.84. The number of aromatic nitrogens is 1. The maximum atomic E-state index is 12.4. The zero-order valence-corrected chi connectivity index (χ0v) is 10.4. The van der Waals surface area contributed by atoms with Crippen molar-refractivity contribution >= 4 is 33.4 Å². The third kappa shape index (κ3) is 2.38. The molecule has 0 bridgehead atoms. The van der Waals surface area contributed by atoms with E-state index in [2.05, 4.69) is 20.9 Å². The van der Waals surface area contributed by atoms with Crippen molar-refractivity contribution in [2.45, 2.75) is 12.6 Å². The minimum absolute atomic E-state index is 0.0267. The van der Waals surface area contributed by atoms with Crippen LogP contribution in [0.3, 0.4) is 0 Å². The normalized spacial score (nSPS) is 16.6. The van der Waals surface area contributed by atoms with Gasteiger partial charge in [0.25, 0.3) is 0 Å². The van der Waals surface area contributed by atoms with Gasteiger partial charge in [0.05, 0.1) is 23.0 Å². The summed E-state index contributed by atoms with van der Waals surface area (Å²) in [5, 5.41) is 0. The average molecular weight is 323 g/mol. The summed E-state index contributed by atoms with van der Waals surface area (Å²) in [7, 11) is 0. The highest BCUT2D eigenvalue weighted by Crippen LogP contribution is 2.34. The molecule has 1 aromatic heterocycles. The number of hydrogen-bond acceptors (Lipinski definition) is 3. The van der Waals surface area contributed by atoms with Crippen molar-refractivity contribution in [1.82, 2.24) is 4.98 Å². The van der Waals surface area contributed by atoms with Gasteiger partial charge in [0.2, 0.25) is 5.91 Å². The molecule has 8 heteroatoms. The summed E-state index contributed by atoms with van der Waals surface area (Å²) in [6.45, 7) is -0.157. The molecule has 0 radical (unpaired) electrons. The summed E-state index contributed by atoms with van der Waals surface area (Å²) < 4.78 is 37.3. The Labute approximate surface area is 108 Å². The molecule has 0 saturated carbocycles. The van der Waals surface area contributed by atoms with Crippen LogP contribution in [0.5, 0.6) is 0 Å². The zero-order valence-electron chi connectivity index (χ0n) is 8.79. The van der Waals surface area contributed by atoms with Crippen LogP contribution in [0.1, 0.15) is 12.0 Å². The fraction of sp³-hybridized carbons (Fsp3) is 0.300. The van der Waals surface area contributed by atoms with E-state index < -0.39 is 17.6 Å². The lowest BCUT2D eigenvalue weighted by atomic mass is 10.2. The first-order valence-corrected chi connectivity index (χ1v) is 5.63. The van der Waals surface area contributed by atoms with Crippen molar-refractivity contribution in [3.63, 3.8) is 0 Å². The standard InChI is InChI=1S/C10H6BrF3N2O2/c11-7-1-5(10(12,13)14)3-15-9(7)16-4-6(17)2-8(16)18/h1,3H,2,4H2. The van der Waals surface area contributed by atoms with E-state index in [1.807, 2.05) is 0 Å². The molecule has 0 aromatic carbocycles. The highest BCUT2D eigenvalue weighted by atomic mass is 79.9. The number of anilines is 1. The average Bonchev–Trinajstić information content (AvgIpc) is 2.56. The van der Waals surface area contributed by atoms with E-state index in [9.17, 15) is 22.8 Å². The second kappa shape index (κ2) is 4.34. The fourth-order valence-corrected chi connectivity index (χ4v) is 2.12. The van der Waals surface area contributed by atoms with Crippen LogP contribution in [0, 0.1) is 0 Å². The van der Waals surface area contributed by atoms with Gasteiger partial charge in [-0.2, -0.15) is 13.2 Å². The van der Waals surface area contributed by atoms with Crippen molar-refractivity contribution in [3.05, 3.63) is 22.3 Å². The quantitative estimate of drug-likeness (QED) is 0.744. The molecule has 2 rings (SSSR count). The summed E-state index contributed by atoms with van der Waals surface area (Å²) in [5.74, 6) is -0.722.